The smallest absolute Gasteiger partial charge is 0.167 e. The van der Waals surface area contributed by atoms with E-state index in [1.54, 1.807) is 11.3 Å². The van der Waals surface area contributed by atoms with Crippen LogP contribution in [0.4, 0.5) is 0 Å². The largest absolute Gasteiger partial charge is 0.294 e. The van der Waals surface area contributed by atoms with E-state index in [4.69, 9.17) is 0 Å². The van der Waals surface area contributed by atoms with E-state index in [0.717, 1.165) is 12.0 Å². The van der Waals surface area contributed by atoms with Crippen LogP contribution in [0, 0.1) is 25.2 Å². The van der Waals surface area contributed by atoms with E-state index in [-0.39, 0.29) is 11.3 Å². The fourth-order valence-electron chi connectivity index (χ4n) is 3.04. The van der Waals surface area contributed by atoms with Crippen molar-refractivity contribution in [1.29, 1.82) is 0 Å². The van der Waals surface area contributed by atoms with Crippen LogP contribution in [0.15, 0.2) is 6.07 Å². The van der Waals surface area contributed by atoms with Crippen molar-refractivity contribution < 1.29 is 4.79 Å². The third kappa shape index (κ3) is 2.47. The first-order valence-electron chi connectivity index (χ1n) is 6.53. The second-order valence-electron chi connectivity index (χ2n) is 5.98. The summed E-state index contributed by atoms with van der Waals surface area (Å²) >= 11 is 1.74. The Bertz CT molecular complexity index is 428. The van der Waals surface area contributed by atoms with Crippen molar-refractivity contribution in [2.45, 2.75) is 53.4 Å². The summed E-state index contributed by atoms with van der Waals surface area (Å²) in [6, 6.07) is 2.08. The van der Waals surface area contributed by atoms with E-state index in [0.29, 0.717) is 5.78 Å². The van der Waals surface area contributed by atoms with Crippen LogP contribution in [0.5, 0.6) is 0 Å². The van der Waals surface area contributed by atoms with Crippen molar-refractivity contribution in [2.75, 3.05) is 0 Å². The van der Waals surface area contributed by atoms with Gasteiger partial charge in [0, 0.05) is 21.2 Å². The SMILES string of the molecule is Cc1cc(C(=O)C2CCCCC2(C)C)c(C)s1. The van der Waals surface area contributed by atoms with Gasteiger partial charge in [0.05, 0.1) is 0 Å². The first kappa shape index (κ1) is 12.8. The maximum Gasteiger partial charge on any atom is 0.167 e. The lowest BCUT2D eigenvalue weighted by atomic mass is 9.66. The minimum atomic E-state index is 0.178. The average Bonchev–Trinajstić information content (AvgIpc) is 2.56. The van der Waals surface area contributed by atoms with Gasteiger partial charge in [-0.25, -0.2) is 0 Å². The Hall–Kier alpha value is -0.630. The number of Topliss-reactive ketones (excluding diaryl/α,β-unsaturated/α-hetero) is 1. The van der Waals surface area contributed by atoms with Crippen molar-refractivity contribution in [2.24, 2.45) is 11.3 Å². The zero-order valence-electron chi connectivity index (χ0n) is 11.3. The molecule has 94 valence electrons. The summed E-state index contributed by atoms with van der Waals surface area (Å²) in [7, 11) is 0. The molecule has 17 heavy (non-hydrogen) atoms. The van der Waals surface area contributed by atoms with Gasteiger partial charge in [-0.15, -0.1) is 11.3 Å². The van der Waals surface area contributed by atoms with Crippen LogP contribution < -0.4 is 0 Å². The lowest BCUT2D eigenvalue weighted by Crippen LogP contribution is -2.34. The molecule has 1 unspecified atom stereocenters. The fourth-order valence-corrected chi connectivity index (χ4v) is 3.97. The number of rotatable bonds is 2. The van der Waals surface area contributed by atoms with Crippen LogP contribution in [0.1, 0.15) is 59.6 Å². The summed E-state index contributed by atoms with van der Waals surface area (Å²) in [6.45, 7) is 8.66. The van der Waals surface area contributed by atoms with E-state index < -0.39 is 0 Å². The Balaban J connectivity index is 2.28. The molecule has 1 aromatic rings. The summed E-state index contributed by atoms with van der Waals surface area (Å²) in [5, 5.41) is 0. The van der Waals surface area contributed by atoms with Crippen molar-refractivity contribution in [3.05, 3.63) is 21.4 Å². The van der Waals surface area contributed by atoms with Gasteiger partial charge in [0.25, 0.3) is 0 Å². The topological polar surface area (TPSA) is 17.1 Å². The number of ketones is 1. The number of aryl methyl sites for hydroxylation is 2. The second kappa shape index (κ2) is 4.56. The molecule has 2 heteroatoms. The van der Waals surface area contributed by atoms with Gasteiger partial charge in [-0.3, -0.25) is 4.79 Å². The van der Waals surface area contributed by atoms with E-state index in [2.05, 4.69) is 33.8 Å². The number of thiophene rings is 1. The first-order chi connectivity index (χ1) is 7.92. The van der Waals surface area contributed by atoms with Gasteiger partial charge in [0.1, 0.15) is 0 Å². The minimum absolute atomic E-state index is 0.178. The van der Waals surface area contributed by atoms with E-state index in [1.165, 1.54) is 29.0 Å². The molecule has 0 aliphatic heterocycles. The Morgan fingerprint density at radius 2 is 2.06 bits per heavy atom. The molecule has 0 aromatic carbocycles. The summed E-state index contributed by atoms with van der Waals surface area (Å²) in [5.74, 6) is 0.612. The third-order valence-electron chi connectivity index (χ3n) is 4.13. The highest BCUT2D eigenvalue weighted by Crippen LogP contribution is 2.42. The molecule has 1 fully saturated rings. The highest BCUT2D eigenvalue weighted by molar-refractivity contribution is 7.12. The summed E-state index contributed by atoms with van der Waals surface area (Å²) in [6.07, 6.45) is 4.74. The summed E-state index contributed by atoms with van der Waals surface area (Å²) in [5.41, 5.74) is 1.16. The van der Waals surface area contributed by atoms with Gasteiger partial charge in [-0.1, -0.05) is 26.7 Å². The molecule has 1 saturated carbocycles. The number of hydrogen-bond donors (Lipinski definition) is 0. The molecule has 1 aromatic heterocycles. The number of carbonyl (C=O) groups is 1. The molecule has 1 aliphatic carbocycles. The van der Waals surface area contributed by atoms with Gasteiger partial charge in [0.2, 0.25) is 0 Å². The van der Waals surface area contributed by atoms with E-state index in [9.17, 15) is 4.79 Å². The standard InChI is InChI=1S/C15H22OS/c1-10-9-12(11(2)17-10)14(16)13-7-5-6-8-15(13,3)4/h9,13H,5-8H2,1-4H3. The van der Waals surface area contributed by atoms with Gasteiger partial charge < -0.3 is 0 Å². The third-order valence-corrected chi connectivity index (χ3v) is 5.10. The maximum atomic E-state index is 12.7. The summed E-state index contributed by atoms with van der Waals surface area (Å²) < 4.78 is 0. The van der Waals surface area contributed by atoms with Crippen LogP contribution in [0.3, 0.4) is 0 Å². The molecular formula is C15H22OS. The Labute approximate surface area is 108 Å². The van der Waals surface area contributed by atoms with Crippen LogP contribution in [0.2, 0.25) is 0 Å². The summed E-state index contributed by atoms with van der Waals surface area (Å²) in [4.78, 5) is 15.1. The highest BCUT2D eigenvalue weighted by atomic mass is 32.1. The Morgan fingerprint density at radius 3 is 2.59 bits per heavy atom. The maximum absolute atomic E-state index is 12.7. The predicted octanol–water partition coefficient (Wildman–Crippen LogP) is 4.76. The molecule has 0 amide bonds. The van der Waals surface area contributed by atoms with Crippen molar-refractivity contribution in [3.63, 3.8) is 0 Å². The van der Waals surface area contributed by atoms with Gasteiger partial charge in [-0.05, 0) is 38.2 Å². The molecule has 2 rings (SSSR count). The van der Waals surface area contributed by atoms with Gasteiger partial charge >= 0.3 is 0 Å². The van der Waals surface area contributed by atoms with E-state index >= 15 is 0 Å². The van der Waals surface area contributed by atoms with Crippen molar-refractivity contribution >= 4 is 17.1 Å². The molecule has 1 aliphatic rings. The number of carbonyl (C=O) groups excluding carboxylic acids is 1. The molecule has 0 bridgehead atoms. The highest BCUT2D eigenvalue weighted by Gasteiger charge is 2.38. The molecule has 1 atom stereocenters. The van der Waals surface area contributed by atoms with Gasteiger partial charge in [0.15, 0.2) is 5.78 Å². The quantitative estimate of drug-likeness (QED) is 0.691. The molecule has 0 spiro atoms. The molecule has 0 saturated heterocycles. The minimum Gasteiger partial charge on any atom is -0.294 e. The normalized spacial score (nSPS) is 23.6. The molecule has 0 N–H and O–H groups in total. The van der Waals surface area contributed by atoms with Crippen molar-refractivity contribution in [1.82, 2.24) is 0 Å². The molecule has 1 heterocycles. The van der Waals surface area contributed by atoms with Gasteiger partial charge in [-0.2, -0.15) is 0 Å². The van der Waals surface area contributed by atoms with E-state index in [1.807, 2.05) is 0 Å². The molecular weight excluding hydrogens is 228 g/mol. The lowest BCUT2D eigenvalue weighted by molar-refractivity contribution is 0.0697. The van der Waals surface area contributed by atoms with Crippen LogP contribution in [0.25, 0.3) is 0 Å². The molecule has 0 radical (unpaired) electrons. The van der Waals surface area contributed by atoms with Crippen molar-refractivity contribution in [3.8, 4) is 0 Å². The monoisotopic (exact) mass is 250 g/mol. The fraction of sp³-hybridized carbons (Fsp3) is 0.667. The first-order valence-corrected chi connectivity index (χ1v) is 7.35. The Kier molecular flexibility index (Phi) is 3.44. The van der Waals surface area contributed by atoms with Crippen LogP contribution in [-0.2, 0) is 0 Å². The van der Waals surface area contributed by atoms with Crippen LogP contribution >= 0.6 is 11.3 Å². The zero-order valence-corrected chi connectivity index (χ0v) is 12.1. The number of hydrogen-bond acceptors (Lipinski definition) is 2. The van der Waals surface area contributed by atoms with Crippen LogP contribution in [-0.4, -0.2) is 5.78 Å². The molecule has 1 nitrogen and oxygen atoms in total. The second-order valence-corrected chi connectivity index (χ2v) is 7.44. The lowest BCUT2D eigenvalue weighted by Gasteiger charge is -2.37. The predicted molar refractivity (Wildman–Crippen MR) is 73.9 cm³/mol. The Morgan fingerprint density at radius 1 is 1.35 bits per heavy atom. The zero-order chi connectivity index (χ0) is 12.6. The average molecular weight is 250 g/mol.